The lowest BCUT2D eigenvalue weighted by molar-refractivity contribution is -0.146. The lowest BCUT2D eigenvalue weighted by atomic mass is 10.2. The highest BCUT2D eigenvalue weighted by Gasteiger charge is 2.35. The van der Waals surface area contributed by atoms with Gasteiger partial charge in [0.1, 0.15) is 5.69 Å². The van der Waals surface area contributed by atoms with E-state index in [-0.39, 0.29) is 33.5 Å². The molecule has 37 heavy (non-hydrogen) atoms. The Morgan fingerprint density at radius 2 is 1.86 bits per heavy atom. The van der Waals surface area contributed by atoms with E-state index in [9.17, 15) is 40.8 Å². The van der Waals surface area contributed by atoms with Gasteiger partial charge in [0.25, 0.3) is 15.8 Å². The number of carboxylic acid groups (broad SMARTS) is 1. The number of carbonyl (C=O) groups excluding carboxylic acids is 1. The highest BCUT2D eigenvalue weighted by molar-refractivity contribution is 7.86. The second-order valence-electron chi connectivity index (χ2n) is 7.21. The van der Waals surface area contributed by atoms with Crippen molar-refractivity contribution >= 4 is 33.7 Å². The second-order valence-corrected chi connectivity index (χ2v) is 9.27. The van der Waals surface area contributed by atoms with Gasteiger partial charge in [-0.3, -0.25) is 9.36 Å². The van der Waals surface area contributed by atoms with Crippen molar-refractivity contribution in [1.82, 2.24) is 13.4 Å². The van der Waals surface area contributed by atoms with E-state index >= 15 is 0 Å². The van der Waals surface area contributed by atoms with E-state index in [0.717, 1.165) is 36.5 Å². The largest absolute Gasteiger partial charge is 0.479 e. The van der Waals surface area contributed by atoms with Gasteiger partial charge in [-0.15, -0.1) is 6.58 Å². The number of esters is 1. The Balaban J connectivity index is 0.000000649. The summed E-state index contributed by atoms with van der Waals surface area (Å²) in [5, 5.41) is 13.3. The zero-order valence-corrected chi connectivity index (χ0v) is 21.1. The molecule has 0 saturated heterocycles. The van der Waals surface area contributed by atoms with Crippen LogP contribution in [0.25, 0.3) is 5.69 Å². The smallest absolute Gasteiger partial charge is 0.431 e. The van der Waals surface area contributed by atoms with Gasteiger partial charge in [-0.1, -0.05) is 17.7 Å². The molecule has 0 fully saturated rings. The van der Waals surface area contributed by atoms with Gasteiger partial charge in [-0.05, 0) is 25.1 Å². The molecule has 2 aromatic rings. The summed E-state index contributed by atoms with van der Waals surface area (Å²) in [7, 11) is -1.28. The Morgan fingerprint density at radius 1 is 1.30 bits per heavy atom. The lowest BCUT2D eigenvalue weighted by Gasteiger charge is -2.15. The highest BCUT2D eigenvalue weighted by atomic mass is 35.5. The summed E-state index contributed by atoms with van der Waals surface area (Å²) in [4.78, 5) is 47.3. The van der Waals surface area contributed by atoms with Crippen LogP contribution in [0.2, 0.25) is 5.02 Å². The topological polar surface area (TPSA) is 171 Å². The van der Waals surface area contributed by atoms with Gasteiger partial charge in [0.15, 0.2) is 6.10 Å². The van der Waals surface area contributed by atoms with Crippen LogP contribution in [-0.4, -0.2) is 58.6 Å². The Morgan fingerprint density at radius 3 is 2.30 bits per heavy atom. The number of halogens is 4. The van der Waals surface area contributed by atoms with Crippen molar-refractivity contribution in [3.05, 3.63) is 74.0 Å². The van der Waals surface area contributed by atoms with Crippen molar-refractivity contribution in [3.63, 3.8) is 0 Å². The first-order chi connectivity index (χ1) is 16.8. The minimum Gasteiger partial charge on any atom is -0.479 e. The summed E-state index contributed by atoms with van der Waals surface area (Å²) >= 11 is 5.87. The van der Waals surface area contributed by atoms with Gasteiger partial charge in [0.2, 0.25) is 0 Å². The number of nitrogens with zero attached hydrogens (tertiary/aromatic N) is 3. The molecule has 0 aliphatic rings. The van der Waals surface area contributed by atoms with Crippen LogP contribution in [0, 0.1) is 0 Å². The van der Waals surface area contributed by atoms with E-state index in [2.05, 4.69) is 11.3 Å². The quantitative estimate of drug-likeness (QED) is 0.368. The number of aromatic nitrogens is 2. The molecule has 204 valence electrons. The molecule has 1 atom stereocenters. The first kappa shape index (κ1) is 31.6. The maximum absolute atomic E-state index is 12.9. The van der Waals surface area contributed by atoms with E-state index in [1.165, 1.54) is 13.1 Å². The predicted octanol–water partition coefficient (Wildman–Crippen LogP) is 1.15. The fourth-order valence-electron chi connectivity index (χ4n) is 2.50. The van der Waals surface area contributed by atoms with Crippen molar-refractivity contribution in [2.45, 2.75) is 19.2 Å². The Hall–Kier alpha value is -3.47. The molecule has 12 nitrogen and oxygen atoms in total. The zero-order valence-electron chi connectivity index (χ0n) is 19.5. The van der Waals surface area contributed by atoms with Crippen LogP contribution < -0.4 is 16.4 Å². The van der Waals surface area contributed by atoms with Crippen LogP contribution in [0.3, 0.4) is 0 Å². The summed E-state index contributed by atoms with van der Waals surface area (Å²) in [6.07, 6.45) is -4.97. The van der Waals surface area contributed by atoms with Crippen LogP contribution >= 0.6 is 11.6 Å². The fraction of sp³-hybridized carbons (Fsp3) is 0.300. The SMILES string of the molecule is C=CCN(C)S(N)(=O)=O.CC(OC(=O)c1cc(-n2c(=O)cc(C(F)(F)F)n(C)c2=O)ccc1Cl)C(=O)O. The van der Waals surface area contributed by atoms with Crippen molar-refractivity contribution in [2.75, 3.05) is 13.6 Å². The van der Waals surface area contributed by atoms with Gasteiger partial charge >= 0.3 is 23.8 Å². The maximum Gasteiger partial charge on any atom is 0.431 e. The number of hydrogen-bond acceptors (Lipinski definition) is 7. The van der Waals surface area contributed by atoms with E-state index < -0.39 is 51.4 Å². The predicted molar refractivity (Wildman–Crippen MR) is 126 cm³/mol. The van der Waals surface area contributed by atoms with Crippen LogP contribution in [-0.2, 0) is 33.0 Å². The molecule has 1 heterocycles. The van der Waals surface area contributed by atoms with E-state index in [4.69, 9.17) is 21.8 Å². The molecule has 0 aliphatic heterocycles. The number of benzene rings is 1. The number of nitrogens with two attached hydrogens (primary N) is 1. The van der Waals surface area contributed by atoms with Crippen LogP contribution in [0.5, 0.6) is 0 Å². The van der Waals surface area contributed by atoms with Crippen LogP contribution in [0.15, 0.2) is 46.5 Å². The number of ether oxygens (including phenoxy) is 1. The number of aliphatic carboxylic acids is 1. The molecule has 0 spiro atoms. The minimum absolute atomic E-state index is 0.178. The third-order valence-corrected chi connectivity index (χ3v) is 5.84. The third kappa shape index (κ3) is 8.28. The molecule has 0 aliphatic carbocycles. The zero-order chi connectivity index (χ0) is 28.9. The highest BCUT2D eigenvalue weighted by Crippen LogP contribution is 2.27. The molecule has 0 bridgehead atoms. The second kappa shape index (κ2) is 12.2. The van der Waals surface area contributed by atoms with Gasteiger partial charge in [0, 0.05) is 26.7 Å². The maximum atomic E-state index is 12.9. The van der Waals surface area contributed by atoms with Gasteiger partial charge < -0.3 is 9.84 Å². The van der Waals surface area contributed by atoms with Gasteiger partial charge in [0.05, 0.1) is 16.3 Å². The summed E-state index contributed by atoms with van der Waals surface area (Å²) in [5.74, 6) is -2.58. The molecule has 2 rings (SSSR count). The van der Waals surface area contributed by atoms with Crippen molar-refractivity contribution in [1.29, 1.82) is 0 Å². The monoisotopic (exact) mass is 570 g/mol. The summed E-state index contributed by atoms with van der Waals surface area (Å²) in [6.45, 7) is 4.69. The number of carbonyl (C=O) groups is 2. The standard InChI is InChI=1S/C16H12ClF3N2O6.C4H10N2O2S/c1-7(13(24)25)28-14(26)9-5-8(3-4-10(9)17)22-12(23)6-11(16(18,19)20)21(2)15(22)27;1-3-4-6(2)9(5,7)8/h3-7H,1-2H3,(H,24,25);3H,1,4H2,2H3,(H2,5,7,8). The summed E-state index contributed by atoms with van der Waals surface area (Å²) in [6, 6.07) is 3.42. The first-order valence-corrected chi connectivity index (χ1v) is 11.7. The Labute approximate surface area is 213 Å². The lowest BCUT2D eigenvalue weighted by Crippen LogP contribution is -2.40. The minimum atomic E-state index is -4.92. The first-order valence-electron chi connectivity index (χ1n) is 9.81. The number of alkyl halides is 3. The molecule has 0 radical (unpaired) electrons. The molecule has 1 aromatic carbocycles. The summed E-state index contributed by atoms with van der Waals surface area (Å²) in [5.41, 5.74) is -4.65. The van der Waals surface area contributed by atoms with Crippen LogP contribution in [0.4, 0.5) is 13.2 Å². The van der Waals surface area contributed by atoms with Crippen LogP contribution in [0.1, 0.15) is 23.0 Å². The molecular weight excluding hydrogens is 549 g/mol. The Bertz CT molecular complexity index is 1420. The average molecular weight is 571 g/mol. The molecular formula is C20H22ClF3N4O8S. The van der Waals surface area contributed by atoms with Crippen molar-refractivity contribution < 1.29 is 41.0 Å². The van der Waals surface area contributed by atoms with E-state index in [1.807, 2.05) is 0 Å². The molecule has 0 saturated carbocycles. The molecule has 1 unspecified atom stereocenters. The average Bonchev–Trinajstić information content (AvgIpc) is 2.76. The Kier molecular flexibility index (Phi) is 10.4. The van der Waals surface area contributed by atoms with Crippen molar-refractivity contribution in [2.24, 2.45) is 12.2 Å². The number of carboxylic acids is 1. The van der Waals surface area contributed by atoms with E-state index in [1.54, 1.807) is 0 Å². The number of hydrogen-bond donors (Lipinski definition) is 2. The molecule has 3 N–H and O–H groups in total. The molecule has 1 aromatic heterocycles. The number of rotatable bonds is 7. The van der Waals surface area contributed by atoms with Gasteiger partial charge in [-0.25, -0.2) is 24.1 Å². The molecule has 0 amide bonds. The molecule has 17 heteroatoms. The van der Waals surface area contributed by atoms with Gasteiger partial charge in [-0.2, -0.15) is 25.9 Å². The number of likely N-dealkylation sites (N-methyl/N-ethyl adjacent to an activating group) is 1. The normalized spacial score (nSPS) is 12.4. The third-order valence-electron chi connectivity index (χ3n) is 4.49. The summed E-state index contributed by atoms with van der Waals surface area (Å²) < 4.78 is 65.8. The van der Waals surface area contributed by atoms with E-state index in [0.29, 0.717) is 4.57 Å². The van der Waals surface area contributed by atoms with Crippen molar-refractivity contribution in [3.8, 4) is 5.69 Å². The fourth-order valence-corrected chi connectivity index (χ4v) is 3.01.